The average molecular weight is 619 g/mol. The summed E-state index contributed by atoms with van der Waals surface area (Å²) in [4.78, 5) is 37.3. The van der Waals surface area contributed by atoms with E-state index >= 15 is 0 Å². The first kappa shape index (κ1) is 30.6. The predicted octanol–water partition coefficient (Wildman–Crippen LogP) is 5.62. The number of nitrogens with zero attached hydrogens (tertiary/aromatic N) is 6. The van der Waals surface area contributed by atoms with Crippen LogP contribution in [-0.2, 0) is 23.9 Å². The lowest BCUT2D eigenvalue weighted by Crippen LogP contribution is -2.35. The maximum Gasteiger partial charge on any atom is 0.416 e. The number of amides is 3. The molecular weight excluding hydrogens is 593 g/mol. The monoisotopic (exact) mass is 618 g/mol. The number of methoxy groups -OCH3 is 1. The third-order valence-electron chi connectivity index (χ3n) is 6.34. The molecule has 3 amide bonds. The van der Waals surface area contributed by atoms with E-state index in [1.807, 2.05) is 31.2 Å². The number of hydrogen-bond acceptors (Lipinski definition) is 8. The van der Waals surface area contributed by atoms with Crippen LogP contribution in [0, 0.1) is 6.92 Å². The summed E-state index contributed by atoms with van der Waals surface area (Å²) in [5, 5.41) is 12.3. The Kier molecular flexibility index (Phi) is 8.97. The Morgan fingerprint density at radius 3 is 2.44 bits per heavy atom. The molecule has 3 aromatic heterocycles. The number of hydrogen-bond donors (Lipinski definition) is 2. The maximum atomic E-state index is 13.6. The second-order valence-corrected chi connectivity index (χ2v) is 9.72. The third kappa shape index (κ3) is 8.16. The molecule has 5 rings (SSSR count). The van der Waals surface area contributed by atoms with Gasteiger partial charge in [-0.15, -0.1) is 0 Å². The van der Waals surface area contributed by atoms with Crippen LogP contribution in [0.25, 0.3) is 16.4 Å². The number of aromatic nitrogens is 5. The van der Waals surface area contributed by atoms with Gasteiger partial charge in [-0.2, -0.15) is 18.2 Å². The zero-order valence-electron chi connectivity index (χ0n) is 23.9. The van der Waals surface area contributed by atoms with Crippen LogP contribution >= 0.6 is 0 Å². The molecule has 15 heteroatoms. The summed E-state index contributed by atoms with van der Waals surface area (Å²) < 4.78 is 52.2. The Morgan fingerprint density at radius 1 is 1.02 bits per heavy atom. The Hall–Kier alpha value is -5.86. The number of urea groups is 1. The van der Waals surface area contributed by atoms with Crippen molar-refractivity contribution in [3.8, 4) is 17.1 Å². The molecular formula is C30H25F3N8O4. The minimum Gasteiger partial charge on any atom is -0.467 e. The van der Waals surface area contributed by atoms with Gasteiger partial charge in [-0.25, -0.2) is 4.98 Å². The second-order valence-electron chi connectivity index (χ2n) is 9.72. The van der Waals surface area contributed by atoms with Crippen LogP contribution in [0.2, 0.25) is 0 Å². The molecule has 2 aromatic carbocycles. The first-order valence-electron chi connectivity index (χ1n) is 13.3. The van der Waals surface area contributed by atoms with Gasteiger partial charge in [0.1, 0.15) is 0 Å². The molecule has 0 aliphatic rings. The van der Waals surface area contributed by atoms with Crippen LogP contribution in [0.15, 0.2) is 83.9 Å². The van der Waals surface area contributed by atoms with Gasteiger partial charge in [-0.3, -0.25) is 14.6 Å². The highest BCUT2D eigenvalue weighted by Crippen LogP contribution is 2.34. The number of halogens is 3. The fraction of sp³-hybridized carbons (Fsp3) is 0.167. The number of rotatable bonds is 9. The number of ether oxygens (including phenoxy) is 1. The van der Waals surface area contributed by atoms with Gasteiger partial charge in [-0.05, 0) is 52.7 Å². The summed E-state index contributed by atoms with van der Waals surface area (Å²) in [7, 11) is 1.50. The van der Waals surface area contributed by atoms with Gasteiger partial charge in [0, 0.05) is 35.4 Å². The molecule has 230 valence electrons. The van der Waals surface area contributed by atoms with Crippen molar-refractivity contribution in [2.45, 2.75) is 26.1 Å². The smallest absolute Gasteiger partial charge is 0.416 e. The highest BCUT2D eigenvalue weighted by molar-refractivity contribution is 6.04. The van der Waals surface area contributed by atoms with Crippen LogP contribution in [0.1, 0.15) is 22.4 Å². The summed E-state index contributed by atoms with van der Waals surface area (Å²) in [6.07, 6.45) is 1.21. The largest absolute Gasteiger partial charge is 0.467 e. The molecule has 0 unspecified atom stereocenters. The number of aryl methyl sites for hydroxylation is 1. The van der Waals surface area contributed by atoms with E-state index < -0.39 is 23.7 Å². The van der Waals surface area contributed by atoms with Crippen LogP contribution in [0.5, 0.6) is 6.01 Å². The maximum absolute atomic E-state index is 13.6. The van der Waals surface area contributed by atoms with E-state index in [2.05, 4.69) is 36.2 Å². The molecule has 5 aromatic rings. The van der Waals surface area contributed by atoms with E-state index in [0.29, 0.717) is 5.56 Å². The zero-order chi connectivity index (χ0) is 32.0. The molecule has 0 fully saturated rings. The third-order valence-corrected chi connectivity index (χ3v) is 6.34. The van der Waals surface area contributed by atoms with E-state index in [-0.39, 0.29) is 36.2 Å². The van der Waals surface area contributed by atoms with Crippen molar-refractivity contribution in [3.05, 3.63) is 107 Å². The van der Waals surface area contributed by atoms with Crippen molar-refractivity contribution < 1.29 is 36.7 Å². The average Bonchev–Trinajstić information content (AvgIpc) is 3.43. The summed E-state index contributed by atoms with van der Waals surface area (Å²) in [6, 6.07) is 12.8. The summed E-state index contributed by atoms with van der Waals surface area (Å²) in [5.41, 5.74) is 2.49. The number of alkyl halides is 3. The van der Waals surface area contributed by atoms with E-state index in [0.717, 1.165) is 34.5 Å². The second kappa shape index (κ2) is 13.2. The van der Waals surface area contributed by atoms with E-state index in [9.17, 15) is 22.8 Å². The number of nitrogens with one attached hydrogen (secondary N) is 2. The van der Waals surface area contributed by atoms with Crippen molar-refractivity contribution >= 4 is 29.2 Å². The Balaban J connectivity index is 1.21. The van der Waals surface area contributed by atoms with Crippen molar-refractivity contribution in [2.24, 2.45) is 0 Å². The molecule has 0 spiro atoms. The molecule has 0 atom stereocenters. The topological polar surface area (TPSA) is 150 Å². The van der Waals surface area contributed by atoms with Gasteiger partial charge < -0.3 is 25.2 Å². The van der Waals surface area contributed by atoms with Crippen molar-refractivity contribution in [1.82, 2.24) is 20.2 Å². The van der Waals surface area contributed by atoms with E-state index in [1.165, 1.54) is 36.4 Å². The molecule has 45 heavy (non-hydrogen) atoms. The number of carbonyl (C=O) groups excluding carboxylic acids is 2. The number of pyridine rings is 1. The van der Waals surface area contributed by atoms with Gasteiger partial charge in [-0.1, -0.05) is 30.3 Å². The Morgan fingerprint density at radius 2 is 1.78 bits per heavy atom. The summed E-state index contributed by atoms with van der Waals surface area (Å²) in [5.74, 6) is -0.734. The molecule has 0 bridgehead atoms. The molecule has 0 aliphatic carbocycles. The van der Waals surface area contributed by atoms with Crippen LogP contribution < -0.4 is 20.1 Å². The fourth-order valence-electron chi connectivity index (χ4n) is 4.28. The minimum absolute atomic E-state index is 0.103. The quantitative estimate of drug-likeness (QED) is 0.202. The minimum atomic E-state index is -4.74. The van der Waals surface area contributed by atoms with Gasteiger partial charge in [0.15, 0.2) is 11.3 Å². The van der Waals surface area contributed by atoms with E-state index in [4.69, 9.17) is 9.26 Å². The highest BCUT2D eigenvalue weighted by atomic mass is 19.4. The molecule has 0 radical (unpaired) electrons. The van der Waals surface area contributed by atoms with Gasteiger partial charge >= 0.3 is 12.2 Å². The predicted molar refractivity (Wildman–Crippen MR) is 155 cm³/mol. The van der Waals surface area contributed by atoms with Crippen LogP contribution in [0.3, 0.4) is 0 Å². The Bertz CT molecular complexity index is 1810. The number of benzene rings is 2. The SMILES string of the molecule is COc1ncc(-c2ccc(C[n+]3cc([N-]C(=O)Nc4cc(NC(=O)Cc5cccnc5)cc(C(F)(F)F)c4)on3)cc2)c(C)n1. The van der Waals surface area contributed by atoms with Crippen molar-refractivity contribution in [2.75, 3.05) is 17.7 Å². The lowest BCUT2D eigenvalue weighted by atomic mass is 10.0. The van der Waals surface area contributed by atoms with Crippen molar-refractivity contribution in [3.63, 3.8) is 0 Å². The molecule has 0 saturated heterocycles. The molecule has 3 heterocycles. The first-order chi connectivity index (χ1) is 21.6. The molecule has 12 nitrogen and oxygen atoms in total. The van der Waals surface area contributed by atoms with Crippen molar-refractivity contribution in [1.29, 1.82) is 0 Å². The molecule has 0 saturated carbocycles. The van der Waals surface area contributed by atoms with Gasteiger partial charge in [0.25, 0.3) is 0 Å². The molecule has 2 N–H and O–H groups in total. The lowest BCUT2D eigenvalue weighted by molar-refractivity contribution is -0.754. The number of carbonyl (C=O) groups is 2. The molecule has 0 aliphatic heterocycles. The fourth-order valence-corrected chi connectivity index (χ4v) is 4.28. The normalized spacial score (nSPS) is 11.1. The van der Waals surface area contributed by atoms with Crippen LogP contribution in [0.4, 0.5) is 35.2 Å². The van der Waals surface area contributed by atoms with Crippen LogP contribution in [-0.4, -0.2) is 39.3 Å². The van der Waals surface area contributed by atoms with Gasteiger partial charge in [0.2, 0.25) is 24.5 Å². The summed E-state index contributed by atoms with van der Waals surface area (Å²) in [6.45, 7) is 2.14. The lowest BCUT2D eigenvalue weighted by Gasteiger charge is -2.18. The number of anilines is 2. The summed E-state index contributed by atoms with van der Waals surface area (Å²) >= 11 is 0. The highest BCUT2D eigenvalue weighted by Gasteiger charge is 2.31. The Labute approximate surface area is 254 Å². The van der Waals surface area contributed by atoms with E-state index in [1.54, 1.807) is 18.3 Å². The zero-order valence-corrected chi connectivity index (χ0v) is 23.9. The standard InChI is InChI=1S/C30H25F3N8O4/c1-18-25(15-35-29(36-18)44-2)21-7-5-19(6-8-21)16-41-17-27(45-40-41)39-28(43)38-24-12-22(30(31,32)33)11-23(13-24)37-26(42)10-20-4-3-9-34-14-20/h3-9,11-15,17H,10,16H2,1-2H3,(H2-,37,38,39,40,42,43). The van der Waals surface area contributed by atoms with Gasteiger partial charge in [0.05, 0.1) is 24.8 Å². The first-order valence-corrected chi connectivity index (χ1v) is 13.3.